The van der Waals surface area contributed by atoms with Crippen LogP contribution in [0.3, 0.4) is 0 Å². The van der Waals surface area contributed by atoms with E-state index in [1.54, 1.807) is 12.4 Å². The van der Waals surface area contributed by atoms with Gasteiger partial charge in [0.2, 0.25) is 5.95 Å². The lowest BCUT2D eigenvalue weighted by atomic mass is 9.72. The molecule has 4 fully saturated rings. The molecule has 78 heavy (non-hydrogen) atoms. The Labute approximate surface area is 475 Å². The topological polar surface area (TPSA) is 176 Å². The van der Waals surface area contributed by atoms with E-state index < -0.39 is 12.3 Å². The number of nitrogen functional groups attached to an aromatic ring is 1. The number of benzene rings is 1. The van der Waals surface area contributed by atoms with Crippen LogP contribution in [-0.4, -0.2) is 114 Å². The summed E-state index contributed by atoms with van der Waals surface area (Å²) < 4.78 is 26.4. The third-order valence-electron chi connectivity index (χ3n) is 18.6. The predicted molar refractivity (Wildman–Crippen MR) is 327 cm³/mol. The molecule has 4 heterocycles. The zero-order chi connectivity index (χ0) is 57.8. The van der Waals surface area contributed by atoms with Crippen LogP contribution in [0, 0.1) is 77.4 Å². The number of nitrogens with zero attached hydrogens (tertiary/aromatic N) is 4. The summed E-state index contributed by atoms with van der Waals surface area (Å²) in [6.45, 7) is 36.5. The van der Waals surface area contributed by atoms with Crippen molar-refractivity contribution in [3.63, 3.8) is 0 Å². The van der Waals surface area contributed by atoms with Gasteiger partial charge in [0.15, 0.2) is 0 Å². The van der Waals surface area contributed by atoms with Crippen molar-refractivity contribution in [3.8, 4) is 24.0 Å². The van der Waals surface area contributed by atoms with E-state index in [0.29, 0.717) is 47.7 Å². The number of aliphatic hydroxyl groups excluding tert-OH is 1. The van der Waals surface area contributed by atoms with Crippen LogP contribution < -0.4 is 22.1 Å². The highest BCUT2D eigenvalue weighted by molar-refractivity contribution is 5.89. The van der Waals surface area contributed by atoms with Crippen molar-refractivity contribution in [1.29, 1.82) is 0 Å². The smallest absolute Gasteiger partial charge is 0.219 e. The minimum atomic E-state index is -1.05. The van der Waals surface area contributed by atoms with Crippen LogP contribution >= 0.6 is 0 Å². The Bertz CT molecular complexity index is 2090. The first kappa shape index (κ1) is 70.0. The van der Waals surface area contributed by atoms with Gasteiger partial charge in [0.1, 0.15) is 18.9 Å². The second-order valence-corrected chi connectivity index (χ2v) is 23.8. The molecule has 444 valence electrons. The largest absolute Gasteiger partial charge is 0.495 e. The Morgan fingerprint density at radius 3 is 2.18 bits per heavy atom. The maximum atomic E-state index is 14.6. The molecular formula is C65H113FN8O4. The first-order chi connectivity index (χ1) is 36.7. The number of hydrogen-bond acceptors (Lipinski definition) is 12. The molecule has 0 amide bonds. The summed E-state index contributed by atoms with van der Waals surface area (Å²) in [6, 6.07) is 8.17. The number of ether oxygens (including phenoxy) is 2. The second-order valence-electron chi connectivity index (χ2n) is 23.8. The summed E-state index contributed by atoms with van der Waals surface area (Å²) >= 11 is 0. The molecule has 1 aromatic heterocycles. The van der Waals surface area contributed by atoms with E-state index in [1.165, 1.54) is 37.8 Å². The molecule has 5 aliphatic rings. The van der Waals surface area contributed by atoms with Crippen LogP contribution in [0.4, 0.5) is 10.3 Å². The van der Waals surface area contributed by atoms with Gasteiger partial charge in [-0.3, -0.25) is 4.99 Å². The highest BCUT2D eigenvalue weighted by atomic mass is 19.1. The molecule has 1 aromatic carbocycles. The molecule has 3 aliphatic heterocycles. The van der Waals surface area contributed by atoms with Crippen molar-refractivity contribution in [2.45, 2.75) is 191 Å². The highest BCUT2D eigenvalue weighted by Crippen LogP contribution is 2.72. The molecule has 8 N–H and O–H groups in total. The Balaban J connectivity index is 0.00000115. The zero-order valence-electron chi connectivity index (χ0n) is 50.7. The molecule has 2 saturated carbocycles. The average Bonchev–Trinajstić information content (AvgIpc) is 4.30. The number of anilines is 1. The number of rotatable bonds is 13. The first-order valence-corrected chi connectivity index (χ1v) is 29.6. The van der Waals surface area contributed by atoms with Crippen LogP contribution in [0.15, 0.2) is 65.9 Å². The lowest BCUT2D eigenvalue weighted by Gasteiger charge is -2.40. The van der Waals surface area contributed by atoms with E-state index in [0.717, 1.165) is 99.0 Å². The summed E-state index contributed by atoms with van der Waals surface area (Å²) in [5.74, 6) is 6.40. The number of fused-ring (bicyclic) bond motifs is 3. The van der Waals surface area contributed by atoms with Crippen molar-refractivity contribution in [2.75, 3.05) is 59.4 Å². The van der Waals surface area contributed by atoms with Gasteiger partial charge in [-0.1, -0.05) is 114 Å². The van der Waals surface area contributed by atoms with Crippen LogP contribution in [-0.2, 0) is 9.47 Å². The molecule has 7 rings (SSSR count). The van der Waals surface area contributed by atoms with E-state index in [-0.39, 0.29) is 55.2 Å². The van der Waals surface area contributed by atoms with Gasteiger partial charge in [0, 0.05) is 98.6 Å². The summed E-state index contributed by atoms with van der Waals surface area (Å²) in [5, 5.41) is 25.8. The fourth-order valence-corrected chi connectivity index (χ4v) is 14.2. The number of aliphatic hydroxyl groups is 2. The third kappa shape index (κ3) is 18.2. The number of alkyl halides is 1. The predicted octanol–water partition coefficient (Wildman–Crippen LogP) is 12.3. The number of nitrogens with one attached hydrogen (secondary N) is 2. The average molecular weight is 1090 g/mol. The van der Waals surface area contributed by atoms with Crippen LogP contribution in [0.25, 0.3) is 11.1 Å². The Hall–Kier alpha value is -4.06. The first-order valence-electron chi connectivity index (χ1n) is 29.6. The second kappa shape index (κ2) is 33.6. The maximum Gasteiger partial charge on any atom is 0.219 e. The van der Waals surface area contributed by atoms with Crippen molar-refractivity contribution in [3.05, 3.63) is 66.5 Å². The van der Waals surface area contributed by atoms with Crippen LogP contribution in [0.1, 0.15) is 167 Å². The highest BCUT2D eigenvalue weighted by Gasteiger charge is 2.67. The van der Waals surface area contributed by atoms with E-state index >= 15 is 0 Å². The summed E-state index contributed by atoms with van der Waals surface area (Å²) in [7, 11) is 3.28. The number of hydrogen-bond donors (Lipinski definition) is 6. The minimum Gasteiger partial charge on any atom is -0.495 e. The maximum absolute atomic E-state index is 14.6. The normalized spacial score (nSPS) is 33.8. The van der Waals surface area contributed by atoms with Crippen molar-refractivity contribution in [2.24, 2.45) is 75.3 Å². The quantitative estimate of drug-likeness (QED) is 0.105. The van der Waals surface area contributed by atoms with Crippen molar-refractivity contribution >= 4 is 11.7 Å². The zero-order valence-corrected chi connectivity index (χ0v) is 50.7. The molecule has 17 atom stereocenters. The summed E-state index contributed by atoms with van der Waals surface area (Å²) in [4.78, 5) is 16.0. The van der Waals surface area contributed by atoms with E-state index in [2.05, 4.69) is 133 Å². The van der Waals surface area contributed by atoms with Gasteiger partial charge in [0.05, 0.1) is 24.4 Å². The Kier molecular flexibility index (Phi) is 30.2. The van der Waals surface area contributed by atoms with Gasteiger partial charge in [0.25, 0.3) is 0 Å². The SMILES string of the molecule is C.C#C.C=C1OC[C@@](C)(O)C2NCCN=C(C2C)[C@H](C)C[C@]2(CC)C(C3CC(C)CC(N(C)CC/C(N)=C/NC(CF)C(CC)c4ccc(-c5cnc(N)nc5)cc4)C3)[C@@H]2[C@@H](C)CC1C.CC.CC1CCOC(C)[C@@H]1C.CO. The fourth-order valence-electron chi connectivity index (χ4n) is 14.2. The number of aliphatic imine (C=N–C) groups is 1. The molecule has 11 unspecified atom stereocenters. The number of allylic oxidation sites excluding steroid dienone is 1. The van der Waals surface area contributed by atoms with Gasteiger partial charge in [-0.05, 0) is 136 Å². The van der Waals surface area contributed by atoms with Gasteiger partial charge in [-0.25, -0.2) is 14.4 Å². The van der Waals surface area contributed by atoms with E-state index in [1.807, 2.05) is 39.1 Å². The van der Waals surface area contributed by atoms with Crippen molar-refractivity contribution < 1.29 is 24.1 Å². The number of terminal acetylenes is 1. The van der Waals surface area contributed by atoms with Gasteiger partial charge >= 0.3 is 0 Å². The monoisotopic (exact) mass is 1090 g/mol. The number of halogens is 1. The lowest BCUT2D eigenvalue weighted by molar-refractivity contribution is -0.0505. The molecule has 0 radical (unpaired) electrons. The van der Waals surface area contributed by atoms with Crippen LogP contribution in [0.2, 0.25) is 0 Å². The molecule has 2 aliphatic carbocycles. The van der Waals surface area contributed by atoms with Crippen molar-refractivity contribution in [1.82, 2.24) is 25.5 Å². The standard InChI is InChI=1S/C51H81FN8O2.C8H16O.C2H6.C2H2.CH4O.CH4/c1-11-43(38-15-13-37(14-16-38)40-27-58-49(54)59-28-40)44(26-52)57-29-41(53)17-20-60(10)42-22-31(3)21-39(24-42)46-45-33(5)23-32(4)36(8)62-30-50(9,61)48-35(7)47(55-18-19-56-48)34(6)25-51(45,46)12-2;1-6-4-5-9-8(3)7(6)2;3*1-2;/h13-16,27-29,31-35,39,42-46,48,56-57,61H,8,11-12,17-26,30,53H2,1-7,9-10H3,(H2,54,58,59);6-8H,4-5H2,1-3H3;1-2H3;1-2H;2H,1H3;1H4/b41-29-;;;;;/t31?,32?,33-,34+,35?,39?,42?,43?,44?,45-,46?,48?,50+,51-;6?,7-,8?;;;;/m01..../s1. The molecule has 2 saturated heterocycles. The number of nitrogens with two attached hydrogens (primary N) is 2. The summed E-state index contributed by atoms with van der Waals surface area (Å²) in [5.41, 5.74) is 16.5. The van der Waals surface area contributed by atoms with Gasteiger partial charge in [-0.2, -0.15) is 0 Å². The van der Waals surface area contributed by atoms with Gasteiger partial charge in [-0.15, -0.1) is 12.8 Å². The summed E-state index contributed by atoms with van der Waals surface area (Å²) in [6.07, 6.45) is 23.6. The fraction of sp³-hybridized carbons (Fsp3) is 0.738. The molecule has 2 bridgehead atoms. The molecule has 0 spiro atoms. The van der Waals surface area contributed by atoms with Crippen LogP contribution in [0.5, 0.6) is 0 Å². The minimum absolute atomic E-state index is 0. The molecule has 12 nitrogen and oxygen atoms in total. The third-order valence-corrected chi connectivity index (χ3v) is 18.6. The lowest BCUT2D eigenvalue weighted by Crippen LogP contribution is -2.56. The van der Waals surface area contributed by atoms with Gasteiger partial charge < -0.3 is 46.7 Å². The molecule has 2 aromatic rings. The molecule has 13 heteroatoms. The Morgan fingerprint density at radius 1 is 0.962 bits per heavy atom. The number of aromatic nitrogens is 2. The van der Waals surface area contributed by atoms with E-state index in [9.17, 15) is 9.50 Å². The Morgan fingerprint density at radius 2 is 1.60 bits per heavy atom. The van der Waals surface area contributed by atoms with E-state index in [4.69, 9.17) is 31.0 Å². The molecular weight excluding hydrogens is 976 g/mol.